The number of H-pyrrole nitrogens is 1. The monoisotopic (exact) mass is 410 g/mol. The summed E-state index contributed by atoms with van der Waals surface area (Å²) in [5.41, 5.74) is 5.13. The van der Waals surface area contributed by atoms with E-state index in [1.165, 1.54) is 6.07 Å². The molecule has 1 N–H and O–H groups in total. The molecule has 0 atom stereocenters. The fourth-order valence-corrected chi connectivity index (χ4v) is 3.37. The van der Waals surface area contributed by atoms with Crippen molar-refractivity contribution < 1.29 is 13.9 Å². The van der Waals surface area contributed by atoms with Crippen LogP contribution in [0.5, 0.6) is 11.8 Å². The number of aromatic nitrogens is 4. The minimum absolute atomic E-state index is 0.336. The van der Waals surface area contributed by atoms with Crippen molar-refractivity contribution in [1.29, 1.82) is 0 Å². The molecule has 158 valence electrons. The first-order valence-electron chi connectivity index (χ1n) is 9.87. The number of rotatable bonds is 8. The number of benzene rings is 1. The lowest BCUT2D eigenvalue weighted by Gasteiger charge is -2.11. The van der Waals surface area contributed by atoms with Crippen molar-refractivity contribution in [2.45, 2.75) is 27.7 Å². The number of halogens is 1. The number of hydrogen-bond donors (Lipinski definition) is 1. The molecule has 0 aliphatic carbocycles. The topological polar surface area (TPSA) is 65.0 Å². The van der Waals surface area contributed by atoms with E-state index >= 15 is 0 Å². The SMILES string of the molecule is C=C(/C=C/c1c(C)nn(C)c1OCC)c1cc(-c2cn[nH]c2OCC)c(F)cc1C. The van der Waals surface area contributed by atoms with E-state index in [2.05, 4.69) is 21.9 Å². The number of ether oxygens (including phenoxy) is 2. The molecule has 1 aromatic carbocycles. The van der Waals surface area contributed by atoms with Crippen molar-refractivity contribution in [3.63, 3.8) is 0 Å². The molecule has 0 amide bonds. The summed E-state index contributed by atoms with van der Waals surface area (Å²) in [6.45, 7) is 12.8. The van der Waals surface area contributed by atoms with Crippen molar-refractivity contribution in [2.75, 3.05) is 13.2 Å². The number of hydrogen-bond acceptors (Lipinski definition) is 4. The molecular weight excluding hydrogens is 383 g/mol. The first kappa shape index (κ1) is 21.4. The van der Waals surface area contributed by atoms with Crippen LogP contribution in [0.3, 0.4) is 0 Å². The molecule has 3 rings (SSSR count). The van der Waals surface area contributed by atoms with E-state index < -0.39 is 0 Å². The number of nitrogens with zero attached hydrogens (tertiary/aromatic N) is 3. The number of allylic oxidation sites excluding steroid dienone is 2. The van der Waals surface area contributed by atoms with Gasteiger partial charge in [0, 0.05) is 12.6 Å². The molecule has 0 unspecified atom stereocenters. The number of aromatic amines is 1. The van der Waals surface area contributed by atoms with Gasteiger partial charge in [0.2, 0.25) is 11.8 Å². The number of nitrogens with one attached hydrogen (secondary N) is 1. The second-order valence-corrected chi connectivity index (χ2v) is 6.91. The summed E-state index contributed by atoms with van der Waals surface area (Å²) >= 11 is 0. The molecule has 6 nitrogen and oxygen atoms in total. The van der Waals surface area contributed by atoms with Gasteiger partial charge in [0.15, 0.2) is 0 Å². The summed E-state index contributed by atoms with van der Waals surface area (Å²) in [5.74, 6) is 0.812. The van der Waals surface area contributed by atoms with Crippen molar-refractivity contribution in [3.05, 3.63) is 59.2 Å². The van der Waals surface area contributed by atoms with E-state index in [-0.39, 0.29) is 5.82 Å². The van der Waals surface area contributed by atoms with Crippen LogP contribution < -0.4 is 9.47 Å². The largest absolute Gasteiger partial charge is 0.478 e. The highest BCUT2D eigenvalue weighted by Crippen LogP contribution is 2.34. The predicted octanol–water partition coefficient (Wildman–Crippen LogP) is 5.09. The fourth-order valence-electron chi connectivity index (χ4n) is 3.37. The Labute approximate surface area is 176 Å². The van der Waals surface area contributed by atoms with Crippen LogP contribution in [0.25, 0.3) is 22.8 Å². The molecule has 0 radical (unpaired) electrons. The highest BCUT2D eigenvalue weighted by atomic mass is 19.1. The lowest BCUT2D eigenvalue weighted by molar-refractivity contribution is 0.309. The third kappa shape index (κ3) is 4.15. The van der Waals surface area contributed by atoms with Gasteiger partial charge in [0.25, 0.3) is 0 Å². The Bertz CT molecular complexity index is 1100. The van der Waals surface area contributed by atoms with Gasteiger partial charge in [-0.15, -0.1) is 0 Å². The van der Waals surface area contributed by atoms with Gasteiger partial charge in [-0.2, -0.15) is 10.2 Å². The maximum atomic E-state index is 14.7. The van der Waals surface area contributed by atoms with Crippen LogP contribution in [0.4, 0.5) is 4.39 Å². The molecule has 0 fully saturated rings. The van der Waals surface area contributed by atoms with Gasteiger partial charge in [0.1, 0.15) is 5.82 Å². The van der Waals surface area contributed by atoms with Crippen molar-refractivity contribution in [3.8, 4) is 22.9 Å². The Morgan fingerprint density at radius 1 is 1.20 bits per heavy atom. The zero-order valence-electron chi connectivity index (χ0n) is 18.0. The van der Waals surface area contributed by atoms with Gasteiger partial charge in [-0.05, 0) is 62.6 Å². The lowest BCUT2D eigenvalue weighted by Crippen LogP contribution is -2.00. The van der Waals surface area contributed by atoms with E-state index in [0.717, 1.165) is 28.0 Å². The smallest absolute Gasteiger partial charge is 0.219 e. The normalized spacial score (nSPS) is 11.3. The average molecular weight is 410 g/mol. The van der Waals surface area contributed by atoms with Gasteiger partial charge in [0.05, 0.1) is 36.2 Å². The zero-order chi connectivity index (χ0) is 21.8. The highest BCUT2D eigenvalue weighted by Gasteiger charge is 2.17. The van der Waals surface area contributed by atoms with E-state index in [1.54, 1.807) is 16.9 Å². The zero-order valence-corrected chi connectivity index (χ0v) is 18.0. The second-order valence-electron chi connectivity index (χ2n) is 6.91. The summed E-state index contributed by atoms with van der Waals surface area (Å²) in [4.78, 5) is 0. The van der Waals surface area contributed by atoms with E-state index in [1.807, 2.05) is 46.9 Å². The molecule has 0 aliphatic rings. The first-order valence-corrected chi connectivity index (χ1v) is 9.87. The van der Waals surface area contributed by atoms with Crippen LogP contribution in [0, 0.1) is 19.7 Å². The van der Waals surface area contributed by atoms with Crippen molar-refractivity contribution in [1.82, 2.24) is 20.0 Å². The first-order chi connectivity index (χ1) is 14.4. The summed E-state index contributed by atoms with van der Waals surface area (Å²) in [6, 6.07) is 3.29. The van der Waals surface area contributed by atoms with Gasteiger partial charge >= 0.3 is 0 Å². The van der Waals surface area contributed by atoms with Gasteiger partial charge in [-0.1, -0.05) is 12.7 Å². The number of aryl methyl sites for hydroxylation is 3. The standard InChI is InChI=1S/C23H27FN4O2/c1-7-29-22-20(13-25-26-22)19-12-18(15(4)11-21(19)24)14(3)9-10-17-16(5)27-28(6)23(17)30-8-2/h9-13H,3,7-8H2,1-2,4-6H3,(H,25,26)/b10-9+. The molecule has 2 aromatic heterocycles. The van der Waals surface area contributed by atoms with Crippen molar-refractivity contribution >= 4 is 11.6 Å². The van der Waals surface area contributed by atoms with Crippen LogP contribution in [0.15, 0.2) is 31.0 Å². The van der Waals surface area contributed by atoms with Gasteiger partial charge in [-0.25, -0.2) is 14.2 Å². The maximum Gasteiger partial charge on any atom is 0.219 e. The molecule has 30 heavy (non-hydrogen) atoms. The Kier molecular flexibility index (Phi) is 6.40. The summed E-state index contributed by atoms with van der Waals surface area (Å²) in [7, 11) is 1.85. The lowest BCUT2D eigenvalue weighted by atomic mass is 9.95. The minimum atomic E-state index is -0.336. The van der Waals surface area contributed by atoms with Gasteiger partial charge < -0.3 is 9.47 Å². The van der Waals surface area contributed by atoms with E-state index in [0.29, 0.717) is 36.1 Å². The molecule has 0 spiro atoms. The molecule has 3 aromatic rings. The van der Waals surface area contributed by atoms with Crippen LogP contribution in [-0.4, -0.2) is 33.2 Å². The van der Waals surface area contributed by atoms with E-state index in [4.69, 9.17) is 9.47 Å². The Morgan fingerprint density at radius 2 is 1.93 bits per heavy atom. The highest BCUT2D eigenvalue weighted by molar-refractivity contribution is 5.83. The Hall–Kier alpha value is -3.35. The molecule has 7 heteroatoms. The Balaban J connectivity index is 1.97. The molecular formula is C23H27FN4O2. The quantitative estimate of drug-likeness (QED) is 0.525. The summed E-state index contributed by atoms with van der Waals surface area (Å²) < 4.78 is 27.7. The fraction of sp³-hybridized carbons (Fsp3) is 0.304. The molecule has 0 bridgehead atoms. The third-order valence-corrected chi connectivity index (χ3v) is 4.79. The predicted molar refractivity (Wildman–Crippen MR) is 117 cm³/mol. The Morgan fingerprint density at radius 3 is 2.63 bits per heavy atom. The maximum absolute atomic E-state index is 14.7. The van der Waals surface area contributed by atoms with Crippen LogP contribution >= 0.6 is 0 Å². The van der Waals surface area contributed by atoms with Crippen LogP contribution in [-0.2, 0) is 7.05 Å². The summed E-state index contributed by atoms with van der Waals surface area (Å²) in [6.07, 6.45) is 5.39. The van der Waals surface area contributed by atoms with Gasteiger partial charge in [-0.3, -0.25) is 0 Å². The third-order valence-electron chi connectivity index (χ3n) is 4.79. The van der Waals surface area contributed by atoms with Crippen LogP contribution in [0.2, 0.25) is 0 Å². The molecule has 2 heterocycles. The van der Waals surface area contributed by atoms with E-state index in [9.17, 15) is 4.39 Å². The molecule has 0 aliphatic heterocycles. The van der Waals surface area contributed by atoms with Crippen LogP contribution in [0.1, 0.15) is 36.2 Å². The summed E-state index contributed by atoms with van der Waals surface area (Å²) in [5, 5.41) is 11.2. The second kappa shape index (κ2) is 8.98. The molecule has 0 saturated heterocycles. The average Bonchev–Trinajstić information content (AvgIpc) is 3.25. The minimum Gasteiger partial charge on any atom is -0.478 e. The van der Waals surface area contributed by atoms with Crippen molar-refractivity contribution in [2.24, 2.45) is 7.05 Å². The molecule has 0 saturated carbocycles.